The summed E-state index contributed by atoms with van der Waals surface area (Å²) >= 11 is 0. The molecule has 0 heterocycles. The lowest BCUT2D eigenvalue weighted by Gasteiger charge is -2.14. The third-order valence-electron chi connectivity index (χ3n) is 7.61. The van der Waals surface area contributed by atoms with E-state index in [0.29, 0.717) is 23.1 Å². The summed E-state index contributed by atoms with van der Waals surface area (Å²) in [5, 5.41) is 11.1. The normalized spacial score (nSPS) is 11.1. The molecular weight excluding hydrogens is 464 g/mol. The van der Waals surface area contributed by atoms with Crippen molar-refractivity contribution in [1.29, 1.82) is 0 Å². The topological polar surface area (TPSA) is 37.3 Å². The van der Waals surface area contributed by atoms with Crippen LogP contribution in [0.5, 0.6) is 5.75 Å². The number of ketones is 1. The maximum absolute atomic E-state index is 13.2. The van der Waals surface area contributed by atoms with Crippen molar-refractivity contribution in [2.75, 3.05) is 0 Å². The Hall–Kier alpha value is -2.87. The van der Waals surface area contributed by atoms with Gasteiger partial charge in [-0.2, -0.15) is 0 Å². The number of aromatic hydroxyl groups is 1. The Morgan fingerprint density at radius 2 is 0.921 bits per heavy atom. The molecule has 0 saturated heterocycles. The molecule has 2 nitrogen and oxygen atoms in total. The van der Waals surface area contributed by atoms with Crippen LogP contribution in [0, 0.1) is 0 Å². The van der Waals surface area contributed by atoms with Gasteiger partial charge in [0.05, 0.1) is 0 Å². The van der Waals surface area contributed by atoms with Crippen LogP contribution in [0.2, 0.25) is 0 Å². The van der Waals surface area contributed by atoms with E-state index in [-0.39, 0.29) is 11.5 Å². The predicted molar refractivity (Wildman–Crippen MR) is 163 cm³/mol. The zero-order chi connectivity index (χ0) is 26.8. The molecule has 3 aromatic rings. The van der Waals surface area contributed by atoms with Crippen molar-refractivity contribution in [3.8, 4) is 28.0 Å². The van der Waals surface area contributed by atoms with Gasteiger partial charge in [0.2, 0.25) is 0 Å². The maximum Gasteiger partial charge on any atom is 0.162 e. The molecule has 0 saturated carbocycles. The second-order valence-electron chi connectivity index (χ2n) is 10.8. The third-order valence-corrected chi connectivity index (χ3v) is 7.61. The Labute approximate surface area is 231 Å². The van der Waals surface area contributed by atoms with Crippen LogP contribution in [0.1, 0.15) is 120 Å². The Morgan fingerprint density at radius 1 is 0.553 bits per heavy atom. The number of unbranched alkanes of at least 4 members (excludes halogenated alkanes) is 14. The summed E-state index contributed by atoms with van der Waals surface area (Å²) in [5.41, 5.74) is 3.96. The van der Waals surface area contributed by atoms with Gasteiger partial charge < -0.3 is 5.11 Å². The minimum Gasteiger partial charge on any atom is -0.507 e. The molecule has 0 spiro atoms. The molecule has 0 bridgehead atoms. The summed E-state index contributed by atoms with van der Waals surface area (Å²) in [4.78, 5) is 13.2. The highest BCUT2D eigenvalue weighted by Gasteiger charge is 2.16. The number of phenolic OH excluding ortho intramolecular Hbond substituents is 1. The number of Topliss-reactive ketones (excluding diaryl/α,β-unsaturated/α-hetero) is 1. The van der Waals surface area contributed by atoms with Crippen LogP contribution in [0.25, 0.3) is 22.3 Å². The molecule has 0 atom stereocenters. The fraction of sp³-hybridized carbons (Fsp3) is 0.472. The van der Waals surface area contributed by atoms with E-state index in [1.54, 1.807) is 0 Å². The molecule has 1 N–H and O–H groups in total. The molecular formula is C36H48O2. The van der Waals surface area contributed by atoms with Crippen LogP contribution in [-0.4, -0.2) is 10.9 Å². The first-order valence-electron chi connectivity index (χ1n) is 15.2. The van der Waals surface area contributed by atoms with Gasteiger partial charge in [0.1, 0.15) is 5.75 Å². The molecule has 0 aliphatic carbocycles. The molecule has 0 aliphatic heterocycles. The Morgan fingerprint density at radius 3 is 1.32 bits per heavy atom. The first-order valence-corrected chi connectivity index (χ1v) is 15.2. The van der Waals surface area contributed by atoms with E-state index < -0.39 is 0 Å². The molecule has 0 radical (unpaired) electrons. The van der Waals surface area contributed by atoms with E-state index in [1.165, 1.54) is 83.5 Å². The van der Waals surface area contributed by atoms with Gasteiger partial charge in [-0.15, -0.1) is 0 Å². The highest BCUT2D eigenvalue weighted by atomic mass is 16.3. The summed E-state index contributed by atoms with van der Waals surface area (Å²) in [7, 11) is 0. The highest BCUT2D eigenvalue weighted by Crippen LogP contribution is 2.39. The van der Waals surface area contributed by atoms with Crippen LogP contribution in [-0.2, 0) is 0 Å². The van der Waals surface area contributed by atoms with Crippen molar-refractivity contribution in [3.63, 3.8) is 0 Å². The molecule has 204 valence electrons. The van der Waals surface area contributed by atoms with Crippen LogP contribution >= 0.6 is 0 Å². The van der Waals surface area contributed by atoms with Gasteiger partial charge in [-0.1, -0.05) is 157 Å². The minimum atomic E-state index is 0.161. The van der Waals surface area contributed by atoms with Crippen LogP contribution in [0.4, 0.5) is 0 Å². The largest absolute Gasteiger partial charge is 0.507 e. The third kappa shape index (κ3) is 10.1. The first kappa shape index (κ1) is 29.7. The van der Waals surface area contributed by atoms with Crippen LogP contribution < -0.4 is 0 Å². The fourth-order valence-corrected chi connectivity index (χ4v) is 5.27. The van der Waals surface area contributed by atoms with E-state index in [1.807, 2.05) is 72.8 Å². The molecule has 0 aromatic heterocycles. The maximum atomic E-state index is 13.2. The average Bonchev–Trinajstić information content (AvgIpc) is 2.96. The van der Waals surface area contributed by atoms with Crippen molar-refractivity contribution in [2.45, 2.75) is 110 Å². The van der Waals surface area contributed by atoms with Gasteiger partial charge in [-0.25, -0.2) is 0 Å². The van der Waals surface area contributed by atoms with E-state index in [9.17, 15) is 9.90 Å². The van der Waals surface area contributed by atoms with Gasteiger partial charge >= 0.3 is 0 Å². The molecule has 2 heteroatoms. The summed E-state index contributed by atoms with van der Waals surface area (Å²) < 4.78 is 0. The summed E-state index contributed by atoms with van der Waals surface area (Å²) in [5.74, 6) is 0.389. The zero-order valence-corrected chi connectivity index (χ0v) is 23.6. The van der Waals surface area contributed by atoms with Gasteiger partial charge in [0.25, 0.3) is 0 Å². The zero-order valence-electron chi connectivity index (χ0n) is 23.6. The highest BCUT2D eigenvalue weighted by molar-refractivity contribution is 6.00. The Kier molecular flexibility index (Phi) is 13.8. The van der Waals surface area contributed by atoms with Gasteiger partial charge in [-0.05, 0) is 29.7 Å². The number of rotatable bonds is 19. The number of carbonyl (C=O) groups is 1. The van der Waals surface area contributed by atoms with Crippen LogP contribution in [0.15, 0.2) is 72.8 Å². The van der Waals surface area contributed by atoms with Crippen molar-refractivity contribution in [2.24, 2.45) is 0 Å². The second-order valence-corrected chi connectivity index (χ2v) is 10.8. The van der Waals surface area contributed by atoms with Gasteiger partial charge in [0, 0.05) is 23.1 Å². The number of hydrogen-bond donors (Lipinski definition) is 1. The molecule has 3 rings (SSSR count). The molecule has 0 aliphatic rings. The van der Waals surface area contributed by atoms with Crippen molar-refractivity contribution < 1.29 is 9.90 Å². The number of phenols is 1. The number of carbonyl (C=O) groups excluding carboxylic acids is 1. The lowest BCUT2D eigenvalue weighted by molar-refractivity contribution is 0.0979. The summed E-state index contributed by atoms with van der Waals surface area (Å²) in [6.45, 7) is 2.28. The number of benzene rings is 3. The van der Waals surface area contributed by atoms with Gasteiger partial charge in [-0.3, -0.25) is 4.79 Å². The molecule has 0 fully saturated rings. The van der Waals surface area contributed by atoms with Gasteiger partial charge in [0.15, 0.2) is 5.78 Å². The fourth-order valence-electron chi connectivity index (χ4n) is 5.27. The molecule has 0 amide bonds. The predicted octanol–water partition coefficient (Wildman–Crippen LogP) is 11.2. The lowest BCUT2D eigenvalue weighted by atomic mass is 9.92. The van der Waals surface area contributed by atoms with E-state index in [2.05, 4.69) is 6.92 Å². The first-order chi connectivity index (χ1) is 18.7. The molecule has 0 unspecified atom stereocenters. The van der Waals surface area contributed by atoms with E-state index in [0.717, 1.165) is 24.0 Å². The minimum absolute atomic E-state index is 0.161. The SMILES string of the molecule is CCCCCCCCCCCCCCCCCC(=O)c1cc(-c2ccccc2)c(O)c(-c2ccccc2)c1. The second kappa shape index (κ2) is 17.6. The Bertz CT molecular complexity index is 995. The Balaban J connectivity index is 1.41. The summed E-state index contributed by atoms with van der Waals surface area (Å²) in [6.07, 6.45) is 20.4. The van der Waals surface area contributed by atoms with Crippen molar-refractivity contribution in [1.82, 2.24) is 0 Å². The van der Waals surface area contributed by atoms with Crippen molar-refractivity contribution >= 4 is 5.78 Å². The van der Waals surface area contributed by atoms with E-state index in [4.69, 9.17) is 0 Å². The van der Waals surface area contributed by atoms with Crippen molar-refractivity contribution in [3.05, 3.63) is 78.4 Å². The smallest absolute Gasteiger partial charge is 0.162 e. The number of hydrogen-bond acceptors (Lipinski definition) is 2. The molecule has 3 aromatic carbocycles. The van der Waals surface area contributed by atoms with E-state index >= 15 is 0 Å². The van der Waals surface area contributed by atoms with Crippen LogP contribution in [0.3, 0.4) is 0 Å². The molecule has 38 heavy (non-hydrogen) atoms. The average molecular weight is 513 g/mol. The lowest BCUT2D eigenvalue weighted by Crippen LogP contribution is -2.01. The summed E-state index contributed by atoms with van der Waals surface area (Å²) in [6, 6.07) is 23.4. The standard InChI is InChI=1S/C36H48O2/c1-2-3-4-5-6-7-8-9-10-11-12-13-14-15-22-27-35(37)32-28-33(30-23-18-16-19-24-30)36(38)34(29-32)31-25-20-17-21-26-31/h16-21,23-26,28-29,38H,2-15,22,27H2,1H3. The quantitative estimate of drug-likeness (QED) is 0.128. The monoisotopic (exact) mass is 512 g/mol.